The van der Waals surface area contributed by atoms with Crippen LogP contribution in [0.5, 0.6) is 0 Å². The Morgan fingerprint density at radius 1 is 1.04 bits per heavy atom. The molecule has 0 N–H and O–H groups in total. The summed E-state index contributed by atoms with van der Waals surface area (Å²) in [7, 11) is 0. The van der Waals surface area contributed by atoms with Crippen molar-refractivity contribution in [3.63, 3.8) is 0 Å². The van der Waals surface area contributed by atoms with Crippen LogP contribution in [0.1, 0.15) is 17.0 Å². The number of rotatable bonds is 4. The van der Waals surface area contributed by atoms with Crippen LogP contribution in [0, 0.1) is 13.8 Å². The summed E-state index contributed by atoms with van der Waals surface area (Å²) in [6.45, 7) is 4.65. The normalized spacial score (nSPS) is 11.1. The van der Waals surface area contributed by atoms with Crippen molar-refractivity contribution in [2.75, 3.05) is 0 Å². The van der Waals surface area contributed by atoms with E-state index in [0.29, 0.717) is 12.4 Å². The Morgan fingerprint density at radius 2 is 1.88 bits per heavy atom. The van der Waals surface area contributed by atoms with Crippen LogP contribution >= 0.6 is 11.3 Å². The lowest BCUT2D eigenvalue weighted by Crippen LogP contribution is -2.05. The van der Waals surface area contributed by atoms with Crippen molar-refractivity contribution in [1.82, 2.24) is 30.0 Å². The van der Waals surface area contributed by atoms with Gasteiger partial charge in [-0.1, -0.05) is 18.2 Å². The van der Waals surface area contributed by atoms with Crippen molar-refractivity contribution in [1.29, 1.82) is 0 Å². The van der Waals surface area contributed by atoms with Gasteiger partial charge in [0.1, 0.15) is 0 Å². The highest BCUT2D eigenvalue weighted by atomic mass is 32.1. The standard InChI is InChI=1S/C17H16N6S/c1-12-10-13(2)23(19-12)15-7-5-14(6-8-15)11-22-20-17(18-21-22)16-4-3-9-24-16/h3-10H,11H2,1-2H3. The van der Waals surface area contributed by atoms with Crippen LogP contribution in [0.15, 0.2) is 47.8 Å². The molecule has 120 valence electrons. The fourth-order valence-corrected chi connectivity index (χ4v) is 3.26. The lowest BCUT2D eigenvalue weighted by atomic mass is 10.2. The maximum Gasteiger partial charge on any atom is 0.214 e. The zero-order chi connectivity index (χ0) is 16.5. The third-order valence-corrected chi connectivity index (χ3v) is 4.57. The average molecular weight is 336 g/mol. The van der Waals surface area contributed by atoms with Gasteiger partial charge in [-0.15, -0.1) is 21.5 Å². The topological polar surface area (TPSA) is 61.4 Å². The molecular weight excluding hydrogens is 320 g/mol. The molecule has 0 saturated heterocycles. The molecule has 0 fully saturated rings. The maximum absolute atomic E-state index is 4.50. The molecule has 1 aromatic carbocycles. The largest absolute Gasteiger partial charge is 0.238 e. The molecule has 4 aromatic rings. The molecule has 3 aromatic heterocycles. The van der Waals surface area contributed by atoms with Crippen molar-refractivity contribution in [2.45, 2.75) is 20.4 Å². The Kier molecular flexibility index (Phi) is 3.70. The van der Waals surface area contributed by atoms with Gasteiger partial charge in [-0.25, -0.2) is 4.68 Å². The third kappa shape index (κ3) is 2.85. The van der Waals surface area contributed by atoms with Gasteiger partial charge >= 0.3 is 0 Å². The third-order valence-electron chi connectivity index (χ3n) is 3.71. The zero-order valence-corrected chi connectivity index (χ0v) is 14.2. The SMILES string of the molecule is Cc1cc(C)n(-c2ccc(Cn3nnc(-c4cccs4)n3)cc2)n1. The predicted molar refractivity (Wildman–Crippen MR) is 93.3 cm³/mol. The number of aryl methyl sites for hydroxylation is 2. The molecule has 0 radical (unpaired) electrons. The molecule has 0 atom stereocenters. The summed E-state index contributed by atoms with van der Waals surface area (Å²) in [5.74, 6) is 0.671. The lowest BCUT2D eigenvalue weighted by molar-refractivity contribution is 0.573. The van der Waals surface area contributed by atoms with E-state index in [1.165, 1.54) is 0 Å². The van der Waals surface area contributed by atoms with Crippen LogP contribution in [-0.2, 0) is 6.54 Å². The van der Waals surface area contributed by atoms with Crippen LogP contribution in [0.2, 0.25) is 0 Å². The second kappa shape index (κ2) is 6.01. The summed E-state index contributed by atoms with van der Waals surface area (Å²) in [4.78, 5) is 2.65. The molecule has 24 heavy (non-hydrogen) atoms. The van der Waals surface area contributed by atoms with E-state index in [4.69, 9.17) is 0 Å². The first-order valence-corrected chi connectivity index (χ1v) is 8.51. The highest BCUT2D eigenvalue weighted by molar-refractivity contribution is 7.13. The van der Waals surface area contributed by atoms with E-state index < -0.39 is 0 Å². The van der Waals surface area contributed by atoms with Crippen LogP contribution < -0.4 is 0 Å². The predicted octanol–water partition coefficient (Wildman–Crippen LogP) is 3.25. The van der Waals surface area contributed by atoms with Crippen molar-refractivity contribution < 1.29 is 0 Å². The minimum Gasteiger partial charge on any atom is -0.238 e. The second-order valence-electron chi connectivity index (χ2n) is 5.63. The number of aromatic nitrogens is 6. The van der Waals surface area contributed by atoms with Crippen molar-refractivity contribution in [3.8, 4) is 16.4 Å². The molecule has 0 saturated carbocycles. The number of benzene rings is 1. The molecule has 6 nitrogen and oxygen atoms in total. The van der Waals surface area contributed by atoms with Gasteiger partial charge in [0.05, 0.1) is 22.8 Å². The first-order chi connectivity index (χ1) is 11.7. The first-order valence-electron chi connectivity index (χ1n) is 7.63. The van der Waals surface area contributed by atoms with Gasteiger partial charge in [-0.2, -0.15) is 9.90 Å². The van der Waals surface area contributed by atoms with Crippen molar-refractivity contribution >= 4 is 11.3 Å². The summed E-state index contributed by atoms with van der Waals surface area (Å²) >= 11 is 1.61. The van der Waals surface area contributed by atoms with E-state index in [9.17, 15) is 0 Å². The summed E-state index contributed by atoms with van der Waals surface area (Å²) in [5, 5.41) is 19.2. The highest BCUT2D eigenvalue weighted by Crippen LogP contribution is 2.19. The van der Waals surface area contributed by atoms with Gasteiger partial charge in [0.25, 0.3) is 0 Å². The summed E-state index contributed by atoms with van der Waals surface area (Å²) in [6, 6.07) is 14.3. The Bertz CT molecular complexity index is 950. The van der Waals surface area contributed by atoms with E-state index in [1.807, 2.05) is 29.1 Å². The molecule has 0 aliphatic rings. The first kappa shape index (κ1) is 14.8. The van der Waals surface area contributed by atoms with Gasteiger partial charge < -0.3 is 0 Å². The van der Waals surface area contributed by atoms with E-state index >= 15 is 0 Å². The van der Waals surface area contributed by atoms with Gasteiger partial charge in [-0.3, -0.25) is 0 Å². The highest BCUT2D eigenvalue weighted by Gasteiger charge is 2.08. The Hall–Kier alpha value is -2.80. The average Bonchev–Trinajstić information content (AvgIpc) is 3.29. The van der Waals surface area contributed by atoms with Gasteiger partial charge in [0.15, 0.2) is 0 Å². The second-order valence-corrected chi connectivity index (χ2v) is 6.57. The molecule has 0 spiro atoms. The lowest BCUT2D eigenvalue weighted by Gasteiger charge is -2.05. The summed E-state index contributed by atoms with van der Waals surface area (Å²) in [5.41, 5.74) is 4.31. The van der Waals surface area contributed by atoms with Crippen LogP contribution in [0.25, 0.3) is 16.4 Å². The van der Waals surface area contributed by atoms with Crippen LogP contribution in [0.3, 0.4) is 0 Å². The van der Waals surface area contributed by atoms with E-state index in [0.717, 1.165) is 27.5 Å². The van der Waals surface area contributed by atoms with Crippen LogP contribution in [-0.4, -0.2) is 30.0 Å². The summed E-state index contributed by atoms with van der Waals surface area (Å²) in [6.07, 6.45) is 0. The molecule has 0 aliphatic heterocycles. The molecule has 0 bridgehead atoms. The van der Waals surface area contributed by atoms with Gasteiger partial charge in [-0.05, 0) is 54.3 Å². The van der Waals surface area contributed by atoms with Crippen molar-refractivity contribution in [2.24, 2.45) is 0 Å². The molecule has 0 aliphatic carbocycles. The van der Waals surface area contributed by atoms with Crippen molar-refractivity contribution in [3.05, 3.63) is 64.8 Å². The number of thiophene rings is 1. The molecule has 0 amide bonds. The van der Waals surface area contributed by atoms with E-state index in [2.05, 4.69) is 57.8 Å². The molecule has 4 rings (SSSR count). The summed E-state index contributed by atoms with van der Waals surface area (Å²) < 4.78 is 1.95. The minimum atomic E-state index is 0.593. The van der Waals surface area contributed by atoms with Gasteiger partial charge in [0.2, 0.25) is 5.82 Å². The number of nitrogens with zero attached hydrogens (tertiary/aromatic N) is 6. The van der Waals surface area contributed by atoms with E-state index in [1.54, 1.807) is 16.1 Å². The molecular formula is C17H16N6S. The Morgan fingerprint density at radius 3 is 2.54 bits per heavy atom. The maximum atomic E-state index is 4.50. The molecule has 0 unspecified atom stereocenters. The monoisotopic (exact) mass is 336 g/mol. The quantitative estimate of drug-likeness (QED) is 0.574. The smallest absolute Gasteiger partial charge is 0.214 e. The van der Waals surface area contributed by atoms with E-state index in [-0.39, 0.29) is 0 Å². The number of hydrogen-bond acceptors (Lipinski definition) is 5. The fourth-order valence-electron chi connectivity index (χ4n) is 2.61. The molecule has 7 heteroatoms. The molecule has 3 heterocycles. The Labute approximate surface area is 143 Å². The minimum absolute atomic E-state index is 0.593. The number of tetrazole rings is 1. The zero-order valence-electron chi connectivity index (χ0n) is 13.4. The fraction of sp³-hybridized carbons (Fsp3) is 0.176. The van der Waals surface area contributed by atoms with Crippen LogP contribution in [0.4, 0.5) is 0 Å². The Balaban J connectivity index is 1.52. The van der Waals surface area contributed by atoms with Gasteiger partial charge in [0, 0.05) is 5.69 Å². The number of hydrogen-bond donors (Lipinski definition) is 0.